The third kappa shape index (κ3) is 6.43. The summed E-state index contributed by atoms with van der Waals surface area (Å²) in [5, 5.41) is 0. The summed E-state index contributed by atoms with van der Waals surface area (Å²) < 4.78 is 19.7. The highest BCUT2D eigenvalue weighted by molar-refractivity contribution is 5.30. The molecule has 2 rings (SSSR count). The Morgan fingerprint density at radius 3 is 2.30 bits per heavy atom. The molecule has 0 aliphatic heterocycles. The van der Waals surface area contributed by atoms with Crippen molar-refractivity contribution < 1.29 is 9.13 Å². The summed E-state index contributed by atoms with van der Waals surface area (Å²) in [4.78, 5) is 0. The third-order valence-corrected chi connectivity index (χ3v) is 4.05. The maximum Gasteiger partial charge on any atom is 0.165 e. The molecule has 0 spiro atoms. The van der Waals surface area contributed by atoms with Crippen molar-refractivity contribution in [2.45, 2.75) is 58.5 Å². The van der Waals surface area contributed by atoms with E-state index in [4.69, 9.17) is 4.74 Å². The monoisotopic (exact) mass is 314 g/mol. The van der Waals surface area contributed by atoms with Crippen LogP contribution in [0.5, 0.6) is 5.75 Å². The average molecular weight is 314 g/mol. The predicted molar refractivity (Wildman–Crippen MR) is 94.3 cm³/mol. The van der Waals surface area contributed by atoms with E-state index in [0.29, 0.717) is 12.4 Å². The molecule has 0 heterocycles. The lowest BCUT2D eigenvalue weighted by molar-refractivity contribution is 0.290. The van der Waals surface area contributed by atoms with Crippen LogP contribution in [0.2, 0.25) is 0 Å². The van der Waals surface area contributed by atoms with E-state index >= 15 is 0 Å². The van der Waals surface area contributed by atoms with Crippen molar-refractivity contribution in [3.63, 3.8) is 0 Å². The molecule has 124 valence electrons. The zero-order chi connectivity index (χ0) is 16.3. The van der Waals surface area contributed by atoms with Gasteiger partial charge in [0.2, 0.25) is 0 Å². The number of benzene rings is 2. The summed E-state index contributed by atoms with van der Waals surface area (Å²) >= 11 is 0. The average Bonchev–Trinajstić information content (AvgIpc) is 2.58. The van der Waals surface area contributed by atoms with Gasteiger partial charge in [-0.05, 0) is 36.1 Å². The summed E-state index contributed by atoms with van der Waals surface area (Å²) in [6.45, 7) is 2.62. The number of ether oxygens (including phenoxy) is 1. The fraction of sp³-hybridized carbons (Fsp3) is 0.429. The number of hydrogen-bond acceptors (Lipinski definition) is 1. The van der Waals surface area contributed by atoms with Gasteiger partial charge in [0.05, 0.1) is 0 Å². The van der Waals surface area contributed by atoms with Crippen LogP contribution in [-0.2, 0) is 13.0 Å². The van der Waals surface area contributed by atoms with Crippen LogP contribution >= 0.6 is 0 Å². The minimum absolute atomic E-state index is 0.260. The number of hydrogen-bond donors (Lipinski definition) is 0. The van der Waals surface area contributed by atoms with Gasteiger partial charge in [-0.15, -0.1) is 0 Å². The molecule has 0 atom stereocenters. The molecule has 0 aliphatic rings. The van der Waals surface area contributed by atoms with E-state index in [2.05, 4.69) is 6.92 Å². The van der Waals surface area contributed by atoms with Crippen molar-refractivity contribution in [1.82, 2.24) is 0 Å². The van der Waals surface area contributed by atoms with Crippen molar-refractivity contribution in [3.8, 4) is 5.75 Å². The normalized spacial score (nSPS) is 10.7. The van der Waals surface area contributed by atoms with Crippen LogP contribution in [0.4, 0.5) is 4.39 Å². The fourth-order valence-electron chi connectivity index (χ4n) is 2.66. The maximum absolute atomic E-state index is 14.1. The van der Waals surface area contributed by atoms with Gasteiger partial charge in [0, 0.05) is 0 Å². The van der Waals surface area contributed by atoms with E-state index < -0.39 is 0 Å². The Morgan fingerprint density at radius 1 is 0.826 bits per heavy atom. The van der Waals surface area contributed by atoms with Gasteiger partial charge in [0.25, 0.3) is 0 Å². The second-order valence-electron chi connectivity index (χ2n) is 6.06. The molecule has 0 N–H and O–H groups in total. The number of aryl methyl sites for hydroxylation is 1. The topological polar surface area (TPSA) is 9.23 Å². The molecule has 0 unspecified atom stereocenters. The Labute approximate surface area is 139 Å². The molecule has 0 saturated carbocycles. The van der Waals surface area contributed by atoms with Crippen LogP contribution in [0.1, 0.15) is 56.6 Å². The van der Waals surface area contributed by atoms with Crippen molar-refractivity contribution in [2.75, 3.05) is 0 Å². The summed E-state index contributed by atoms with van der Waals surface area (Å²) in [7, 11) is 0. The van der Waals surface area contributed by atoms with Crippen LogP contribution in [0.25, 0.3) is 0 Å². The molecule has 0 fully saturated rings. The van der Waals surface area contributed by atoms with Gasteiger partial charge in [0.1, 0.15) is 6.61 Å². The first kappa shape index (κ1) is 17.5. The second-order valence-corrected chi connectivity index (χ2v) is 6.06. The molecule has 2 aromatic rings. The van der Waals surface area contributed by atoms with Gasteiger partial charge in [-0.3, -0.25) is 0 Å². The summed E-state index contributed by atoms with van der Waals surface area (Å²) in [6.07, 6.45) is 8.51. The van der Waals surface area contributed by atoms with Gasteiger partial charge >= 0.3 is 0 Å². The lowest BCUT2D eigenvalue weighted by Gasteiger charge is -2.09. The quantitative estimate of drug-likeness (QED) is 0.467. The Hall–Kier alpha value is -1.83. The minimum Gasteiger partial charge on any atom is -0.486 e. The first-order valence-electron chi connectivity index (χ1n) is 8.74. The molecule has 0 aliphatic carbocycles. The zero-order valence-electron chi connectivity index (χ0n) is 14.1. The Kier molecular flexibility index (Phi) is 7.65. The lowest BCUT2D eigenvalue weighted by atomic mass is 10.0. The van der Waals surface area contributed by atoms with Crippen LogP contribution in [0, 0.1) is 5.82 Å². The molecule has 0 bridgehead atoms. The molecule has 0 amide bonds. The maximum atomic E-state index is 14.1. The van der Waals surface area contributed by atoms with Crippen LogP contribution in [0.3, 0.4) is 0 Å². The molecule has 2 heteroatoms. The number of halogens is 1. The van der Waals surface area contributed by atoms with E-state index in [9.17, 15) is 4.39 Å². The summed E-state index contributed by atoms with van der Waals surface area (Å²) in [5.74, 6) is 0.0740. The predicted octanol–water partition coefficient (Wildman–Crippen LogP) is 6.31. The first-order valence-corrected chi connectivity index (χ1v) is 8.74. The molecule has 1 nitrogen and oxygen atoms in total. The SMILES string of the molecule is CCCCCCCCc1ccc(OCc2ccccc2)c(F)c1. The molecule has 0 aromatic heterocycles. The molecule has 0 radical (unpaired) electrons. The number of unbranched alkanes of at least 4 members (excludes halogenated alkanes) is 5. The van der Waals surface area contributed by atoms with Gasteiger partial charge in [-0.2, -0.15) is 0 Å². The fourth-order valence-corrected chi connectivity index (χ4v) is 2.66. The van der Waals surface area contributed by atoms with Crippen LogP contribution in [-0.4, -0.2) is 0 Å². The van der Waals surface area contributed by atoms with E-state index in [1.54, 1.807) is 12.1 Å². The van der Waals surface area contributed by atoms with E-state index in [1.165, 1.54) is 32.1 Å². The highest BCUT2D eigenvalue weighted by Gasteiger charge is 2.05. The van der Waals surface area contributed by atoms with E-state index in [1.807, 2.05) is 36.4 Å². The molecule has 2 aromatic carbocycles. The van der Waals surface area contributed by atoms with Crippen molar-refractivity contribution in [1.29, 1.82) is 0 Å². The Morgan fingerprint density at radius 2 is 1.57 bits per heavy atom. The van der Waals surface area contributed by atoms with Gasteiger partial charge in [-0.1, -0.05) is 75.4 Å². The highest BCUT2D eigenvalue weighted by Crippen LogP contribution is 2.21. The van der Waals surface area contributed by atoms with Crippen LogP contribution < -0.4 is 4.74 Å². The molecular weight excluding hydrogens is 287 g/mol. The molecule has 0 saturated heterocycles. The smallest absolute Gasteiger partial charge is 0.165 e. The van der Waals surface area contributed by atoms with Crippen molar-refractivity contribution in [3.05, 3.63) is 65.5 Å². The minimum atomic E-state index is -0.260. The lowest BCUT2D eigenvalue weighted by Crippen LogP contribution is -1.98. The van der Waals surface area contributed by atoms with Gasteiger partial charge in [-0.25, -0.2) is 4.39 Å². The highest BCUT2D eigenvalue weighted by atomic mass is 19.1. The third-order valence-electron chi connectivity index (χ3n) is 4.05. The van der Waals surface area contributed by atoms with Gasteiger partial charge < -0.3 is 4.74 Å². The molecular formula is C21H27FO. The summed E-state index contributed by atoms with van der Waals surface area (Å²) in [5.41, 5.74) is 2.10. The first-order chi connectivity index (χ1) is 11.3. The van der Waals surface area contributed by atoms with Crippen molar-refractivity contribution >= 4 is 0 Å². The Balaban J connectivity index is 1.76. The van der Waals surface area contributed by atoms with Gasteiger partial charge in [0.15, 0.2) is 11.6 Å². The van der Waals surface area contributed by atoms with Crippen molar-refractivity contribution in [2.24, 2.45) is 0 Å². The zero-order valence-corrected chi connectivity index (χ0v) is 14.1. The largest absolute Gasteiger partial charge is 0.486 e. The second kappa shape index (κ2) is 10.0. The standard InChI is InChI=1S/C21H27FO/c1-2-3-4-5-6-8-11-18-14-15-21(20(22)16-18)23-17-19-12-9-7-10-13-19/h7,9-10,12-16H,2-6,8,11,17H2,1H3. The molecule has 23 heavy (non-hydrogen) atoms. The van der Waals surface area contributed by atoms with E-state index in [-0.39, 0.29) is 5.82 Å². The Bertz CT molecular complexity index is 565. The van der Waals surface area contributed by atoms with Crippen LogP contribution in [0.15, 0.2) is 48.5 Å². The van der Waals surface area contributed by atoms with E-state index in [0.717, 1.165) is 24.0 Å². The number of rotatable bonds is 10. The summed E-state index contributed by atoms with van der Waals surface area (Å²) in [6, 6.07) is 15.2.